The Hall–Kier alpha value is -0.920. The zero-order valence-electron chi connectivity index (χ0n) is 13.6. The Bertz CT molecular complexity index is 784. The number of nitrogens with zero attached hydrogens (tertiary/aromatic N) is 1. The van der Waals surface area contributed by atoms with Gasteiger partial charge in [-0.15, -0.1) is 0 Å². The summed E-state index contributed by atoms with van der Waals surface area (Å²) < 4.78 is 52.2. The van der Waals surface area contributed by atoms with Crippen molar-refractivity contribution in [1.82, 2.24) is 0 Å². The lowest BCUT2D eigenvalue weighted by Gasteiger charge is -2.23. The second kappa shape index (κ2) is 7.54. The molecule has 0 aliphatic carbocycles. The van der Waals surface area contributed by atoms with Crippen LogP contribution in [0.15, 0.2) is 28.3 Å². The summed E-state index contributed by atoms with van der Waals surface area (Å²) in [6, 6.07) is 4.43. The number of sulfone groups is 1. The van der Waals surface area contributed by atoms with Crippen LogP contribution in [0.4, 0.5) is 0 Å². The third kappa shape index (κ3) is 4.00. The van der Waals surface area contributed by atoms with Crippen molar-refractivity contribution in [3.8, 4) is 0 Å². The highest BCUT2D eigenvalue weighted by molar-refractivity contribution is 7.92. The summed E-state index contributed by atoms with van der Waals surface area (Å²) in [6.45, 7) is 5.11. The van der Waals surface area contributed by atoms with Crippen molar-refractivity contribution in [3.63, 3.8) is 0 Å². The fraction of sp³-hybridized carbons (Fsp3) is 0.500. The fourth-order valence-electron chi connectivity index (χ4n) is 2.27. The van der Waals surface area contributed by atoms with Crippen molar-refractivity contribution in [1.29, 1.82) is 0 Å². The van der Waals surface area contributed by atoms with E-state index in [9.17, 15) is 13.0 Å². The fourth-order valence-corrected chi connectivity index (χ4v) is 4.99. The molecule has 1 aliphatic heterocycles. The minimum atomic E-state index is -3.83. The first kappa shape index (κ1) is 19.4. The van der Waals surface area contributed by atoms with Crippen molar-refractivity contribution in [2.24, 2.45) is 5.16 Å². The molecule has 1 aromatic carbocycles. The molecule has 1 aliphatic rings. The van der Waals surface area contributed by atoms with Gasteiger partial charge in [0.05, 0.1) is 29.1 Å². The van der Waals surface area contributed by atoms with E-state index in [-0.39, 0.29) is 24.5 Å². The van der Waals surface area contributed by atoms with E-state index < -0.39 is 22.9 Å². The minimum absolute atomic E-state index is 0.105. The van der Waals surface area contributed by atoms with Crippen molar-refractivity contribution in [3.05, 3.63) is 28.8 Å². The van der Waals surface area contributed by atoms with Gasteiger partial charge in [0.2, 0.25) is 0 Å². The smallest absolute Gasteiger partial charge is 0.292 e. The van der Waals surface area contributed by atoms with Gasteiger partial charge in [0.25, 0.3) is 0 Å². The SMILES string of the molecule is CCOP(=O)(OCC)ON=C1CC(C)S(=O)(=O)c2ccc(Cl)cc21. The number of benzene rings is 1. The van der Waals surface area contributed by atoms with Gasteiger partial charge < -0.3 is 0 Å². The van der Waals surface area contributed by atoms with E-state index in [2.05, 4.69) is 5.16 Å². The van der Waals surface area contributed by atoms with Gasteiger partial charge in [0, 0.05) is 17.0 Å². The number of hydrogen-bond donors (Lipinski definition) is 0. The maximum atomic E-state index is 12.4. The third-order valence-corrected chi connectivity index (χ3v) is 7.26. The van der Waals surface area contributed by atoms with Gasteiger partial charge in [-0.05, 0) is 39.0 Å². The van der Waals surface area contributed by atoms with Gasteiger partial charge in [-0.1, -0.05) is 16.8 Å². The lowest BCUT2D eigenvalue weighted by molar-refractivity contribution is 0.124. The van der Waals surface area contributed by atoms with Crippen molar-refractivity contribution in [2.45, 2.75) is 37.3 Å². The normalized spacial score (nSPS) is 21.5. The third-order valence-electron chi connectivity index (χ3n) is 3.40. The zero-order valence-corrected chi connectivity index (χ0v) is 16.0. The van der Waals surface area contributed by atoms with Crippen LogP contribution in [-0.2, 0) is 28.1 Å². The van der Waals surface area contributed by atoms with Crippen LogP contribution >= 0.6 is 19.4 Å². The first-order valence-corrected chi connectivity index (χ1v) is 10.8. The molecule has 0 aromatic heterocycles. The average Bonchev–Trinajstić information content (AvgIpc) is 2.50. The molecule has 0 fully saturated rings. The summed E-state index contributed by atoms with van der Waals surface area (Å²) in [4.78, 5) is 0.121. The maximum absolute atomic E-state index is 12.4. The Balaban J connectivity index is 2.44. The number of phosphoric acid groups is 1. The molecule has 1 heterocycles. The Labute approximate surface area is 146 Å². The second-order valence-electron chi connectivity index (χ2n) is 5.10. The largest absolute Gasteiger partial charge is 0.550 e. The van der Waals surface area contributed by atoms with Crippen LogP contribution in [0.5, 0.6) is 0 Å². The van der Waals surface area contributed by atoms with E-state index >= 15 is 0 Å². The number of oxime groups is 1. The number of phosphoric ester groups is 1. The van der Waals surface area contributed by atoms with E-state index in [0.29, 0.717) is 16.3 Å². The molecule has 24 heavy (non-hydrogen) atoms. The molecule has 0 bridgehead atoms. The first-order valence-electron chi connectivity index (χ1n) is 7.42. The van der Waals surface area contributed by atoms with Crippen LogP contribution in [0.1, 0.15) is 32.8 Å². The molecule has 0 amide bonds. The highest BCUT2D eigenvalue weighted by atomic mass is 35.5. The molecule has 1 aromatic rings. The molecule has 0 saturated carbocycles. The van der Waals surface area contributed by atoms with E-state index in [1.165, 1.54) is 18.2 Å². The Morgan fingerprint density at radius 2 is 1.92 bits per heavy atom. The number of hydrogen-bond acceptors (Lipinski definition) is 7. The maximum Gasteiger partial charge on any atom is 0.550 e. The first-order chi connectivity index (χ1) is 11.2. The summed E-state index contributed by atoms with van der Waals surface area (Å²) in [5, 5.41) is 3.55. The molecular formula is C14H19ClNO6PS. The summed E-state index contributed by atoms with van der Waals surface area (Å²) >= 11 is 5.97. The van der Waals surface area contributed by atoms with Gasteiger partial charge in [0.1, 0.15) is 0 Å². The molecule has 0 saturated heterocycles. The standard InChI is InChI=1S/C14H19ClNO6PS/c1-4-20-23(17,21-5-2)22-16-13-8-10(3)24(18,19)14-7-6-11(15)9-12(13)14/h6-7,9-10H,4-5,8H2,1-3H3. The van der Waals surface area contributed by atoms with Crippen LogP contribution in [0.25, 0.3) is 0 Å². The molecular weight excluding hydrogens is 377 g/mol. The van der Waals surface area contributed by atoms with Crippen molar-refractivity contribution in [2.75, 3.05) is 13.2 Å². The van der Waals surface area contributed by atoms with E-state index in [1.807, 2.05) is 0 Å². The highest BCUT2D eigenvalue weighted by Gasteiger charge is 2.36. The highest BCUT2D eigenvalue weighted by Crippen LogP contribution is 2.49. The molecule has 1 unspecified atom stereocenters. The number of rotatable bonds is 6. The summed E-state index contributed by atoms with van der Waals surface area (Å²) in [5.41, 5.74) is 0.662. The van der Waals surface area contributed by atoms with Gasteiger partial charge in [-0.3, -0.25) is 13.7 Å². The van der Waals surface area contributed by atoms with Gasteiger partial charge in [-0.2, -0.15) is 0 Å². The Morgan fingerprint density at radius 1 is 1.29 bits per heavy atom. The monoisotopic (exact) mass is 395 g/mol. The molecule has 0 radical (unpaired) electrons. The number of fused-ring (bicyclic) bond motifs is 1. The molecule has 1 atom stereocenters. The van der Waals surface area contributed by atoms with E-state index in [0.717, 1.165) is 0 Å². The Kier molecular flexibility index (Phi) is 6.09. The molecule has 0 N–H and O–H groups in total. The second-order valence-corrected chi connectivity index (χ2v) is 9.45. The van der Waals surface area contributed by atoms with E-state index in [4.69, 9.17) is 25.3 Å². The van der Waals surface area contributed by atoms with E-state index in [1.54, 1.807) is 20.8 Å². The van der Waals surface area contributed by atoms with Crippen molar-refractivity contribution >= 4 is 35.0 Å². The molecule has 0 spiro atoms. The summed E-state index contributed by atoms with van der Waals surface area (Å²) in [6.07, 6.45) is 0.105. The topological polar surface area (TPSA) is 91.3 Å². The average molecular weight is 396 g/mol. The minimum Gasteiger partial charge on any atom is -0.292 e. The summed E-state index contributed by atoms with van der Waals surface area (Å²) in [7, 11) is -7.30. The predicted octanol–water partition coefficient (Wildman–Crippen LogP) is 3.81. The predicted molar refractivity (Wildman–Crippen MR) is 91.2 cm³/mol. The van der Waals surface area contributed by atoms with Gasteiger partial charge in [0.15, 0.2) is 9.84 Å². The lowest BCUT2D eigenvalue weighted by Crippen LogP contribution is -2.29. The van der Waals surface area contributed by atoms with Gasteiger partial charge in [-0.25, -0.2) is 13.0 Å². The molecule has 2 rings (SSSR count). The van der Waals surface area contributed by atoms with Crippen LogP contribution < -0.4 is 0 Å². The quantitative estimate of drug-likeness (QED) is 0.537. The molecule has 10 heteroatoms. The van der Waals surface area contributed by atoms with Gasteiger partial charge >= 0.3 is 7.82 Å². The van der Waals surface area contributed by atoms with Crippen LogP contribution in [0, 0.1) is 0 Å². The van der Waals surface area contributed by atoms with Crippen LogP contribution in [-0.4, -0.2) is 32.6 Å². The molecule has 134 valence electrons. The van der Waals surface area contributed by atoms with Crippen LogP contribution in [0.3, 0.4) is 0 Å². The summed E-state index contributed by atoms with van der Waals surface area (Å²) in [5.74, 6) is 0. The zero-order chi connectivity index (χ0) is 18.0. The van der Waals surface area contributed by atoms with Crippen LogP contribution in [0.2, 0.25) is 5.02 Å². The van der Waals surface area contributed by atoms with Crippen molar-refractivity contribution < 1.29 is 26.7 Å². The Morgan fingerprint density at radius 3 is 2.50 bits per heavy atom. The number of halogens is 1. The lowest BCUT2D eigenvalue weighted by atomic mass is 10.1. The molecule has 7 nitrogen and oxygen atoms in total.